The molecule has 2 rings (SSSR count). The number of rotatable bonds is 1. The Bertz CT molecular complexity index is 475. The van der Waals surface area contributed by atoms with Crippen LogP contribution in [-0.4, -0.2) is 17.6 Å². The summed E-state index contributed by atoms with van der Waals surface area (Å²) < 4.78 is 0. The lowest BCUT2D eigenvalue weighted by molar-refractivity contribution is 0.478. The van der Waals surface area contributed by atoms with Crippen molar-refractivity contribution in [2.45, 2.75) is 19.5 Å². The zero-order chi connectivity index (χ0) is 12.5. The molecule has 5 nitrogen and oxygen atoms in total. The summed E-state index contributed by atoms with van der Waals surface area (Å²) in [4.78, 5) is 8.24. The Labute approximate surface area is 105 Å². The molecule has 0 amide bonds. The molecule has 6 heteroatoms. The van der Waals surface area contributed by atoms with Crippen LogP contribution in [-0.2, 0) is 0 Å². The molecule has 0 spiro atoms. The highest BCUT2D eigenvalue weighted by Crippen LogP contribution is 2.14. The first kappa shape index (κ1) is 11.7. The number of nitrogens with one attached hydrogen (secondary N) is 2. The van der Waals surface area contributed by atoms with Crippen LogP contribution in [0.5, 0.6) is 0 Å². The predicted molar refractivity (Wildman–Crippen MR) is 71.3 cm³/mol. The molecule has 0 saturated carbocycles. The molecular formula is C11H14ClN5. The van der Waals surface area contributed by atoms with Gasteiger partial charge in [0.2, 0.25) is 11.9 Å². The highest BCUT2D eigenvalue weighted by atomic mass is 35.5. The fourth-order valence-electron chi connectivity index (χ4n) is 1.50. The molecule has 0 saturated heterocycles. The zero-order valence-electron chi connectivity index (χ0n) is 9.66. The largest absolute Gasteiger partial charge is 0.368 e. The molecule has 0 aromatic heterocycles. The average molecular weight is 252 g/mol. The summed E-state index contributed by atoms with van der Waals surface area (Å²) in [5.74, 6) is 0.829. The highest BCUT2D eigenvalue weighted by Gasteiger charge is 2.22. The van der Waals surface area contributed by atoms with Crippen LogP contribution in [0, 0.1) is 0 Å². The van der Waals surface area contributed by atoms with E-state index >= 15 is 0 Å². The normalized spacial score (nSPS) is 17.8. The van der Waals surface area contributed by atoms with E-state index in [1.165, 1.54) is 0 Å². The number of benzene rings is 1. The van der Waals surface area contributed by atoms with Crippen LogP contribution < -0.4 is 16.4 Å². The minimum atomic E-state index is -0.458. The van der Waals surface area contributed by atoms with Gasteiger partial charge in [-0.3, -0.25) is 0 Å². The Morgan fingerprint density at radius 3 is 2.53 bits per heavy atom. The Balaban J connectivity index is 2.15. The Morgan fingerprint density at radius 2 is 1.94 bits per heavy atom. The van der Waals surface area contributed by atoms with Gasteiger partial charge in [-0.2, -0.15) is 4.99 Å². The van der Waals surface area contributed by atoms with Gasteiger partial charge >= 0.3 is 0 Å². The van der Waals surface area contributed by atoms with Crippen molar-refractivity contribution in [3.8, 4) is 0 Å². The number of halogens is 1. The zero-order valence-corrected chi connectivity index (χ0v) is 10.4. The van der Waals surface area contributed by atoms with Crippen molar-refractivity contribution in [2.24, 2.45) is 15.7 Å². The summed E-state index contributed by atoms with van der Waals surface area (Å²) in [6, 6.07) is 7.33. The summed E-state index contributed by atoms with van der Waals surface area (Å²) in [5, 5.41) is 6.93. The number of guanidine groups is 2. The molecule has 1 heterocycles. The second-order valence-electron chi connectivity index (χ2n) is 4.25. The molecule has 0 radical (unpaired) electrons. The smallest absolute Gasteiger partial charge is 0.220 e. The van der Waals surface area contributed by atoms with Crippen molar-refractivity contribution in [3.63, 3.8) is 0 Å². The van der Waals surface area contributed by atoms with E-state index in [0.717, 1.165) is 5.69 Å². The summed E-state index contributed by atoms with van der Waals surface area (Å²) in [6.07, 6.45) is 0. The van der Waals surface area contributed by atoms with Crippen molar-refractivity contribution in [2.75, 3.05) is 5.32 Å². The number of aliphatic imine (C=N–C) groups is 2. The monoisotopic (exact) mass is 251 g/mol. The van der Waals surface area contributed by atoms with Gasteiger partial charge < -0.3 is 16.4 Å². The van der Waals surface area contributed by atoms with E-state index in [1.807, 2.05) is 26.0 Å². The maximum atomic E-state index is 5.81. The molecule has 0 bridgehead atoms. The highest BCUT2D eigenvalue weighted by molar-refractivity contribution is 6.30. The van der Waals surface area contributed by atoms with E-state index in [2.05, 4.69) is 20.6 Å². The van der Waals surface area contributed by atoms with Crippen LogP contribution >= 0.6 is 11.6 Å². The van der Waals surface area contributed by atoms with Crippen LogP contribution in [0.15, 0.2) is 34.3 Å². The minimum Gasteiger partial charge on any atom is -0.368 e. The SMILES string of the molecule is CC1(C)N=C(N)N=C(Nc2ccc(Cl)cc2)N1. The lowest BCUT2D eigenvalue weighted by Crippen LogP contribution is -2.49. The van der Waals surface area contributed by atoms with Crippen LogP contribution in [0.4, 0.5) is 5.69 Å². The lowest BCUT2D eigenvalue weighted by Gasteiger charge is -2.27. The summed E-state index contributed by atoms with van der Waals surface area (Å²) in [5.41, 5.74) is 6.06. The van der Waals surface area contributed by atoms with Gasteiger partial charge in [0.05, 0.1) is 0 Å². The summed E-state index contributed by atoms with van der Waals surface area (Å²) in [7, 11) is 0. The van der Waals surface area contributed by atoms with Crippen molar-refractivity contribution in [1.29, 1.82) is 0 Å². The number of nitrogens with two attached hydrogens (primary N) is 1. The van der Waals surface area contributed by atoms with Crippen molar-refractivity contribution in [1.82, 2.24) is 5.32 Å². The molecule has 0 fully saturated rings. The van der Waals surface area contributed by atoms with Gasteiger partial charge in [0.1, 0.15) is 5.66 Å². The van der Waals surface area contributed by atoms with Gasteiger partial charge in [-0.15, -0.1) is 0 Å². The van der Waals surface area contributed by atoms with E-state index < -0.39 is 5.66 Å². The Kier molecular flexibility index (Phi) is 2.93. The maximum absolute atomic E-state index is 5.81. The molecule has 1 aliphatic heterocycles. The van der Waals surface area contributed by atoms with Crippen LogP contribution in [0.25, 0.3) is 0 Å². The third-order valence-electron chi connectivity index (χ3n) is 2.15. The predicted octanol–water partition coefficient (Wildman–Crippen LogP) is 1.76. The Morgan fingerprint density at radius 1 is 1.29 bits per heavy atom. The number of nitrogens with zero attached hydrogens (tertiary/aromatic N) is 2. The minimum absolute atomic E-state index is 0.255. The van der Waals surface area contributed by atoms with Crippen LogP contribution in [0.2, 0.25) is 5.02 Å². The fourth-order valence-corrected chi connectivity index (χ4v) is 1.63. The first-order valence-electron chi connectivity index (χ1n) is 5.19. The van der Waals surface area contributed by atoms with Crippen LogP contribution in [0.1, 0.15) is 13.8 Å². The van der Waals surface area contributed by atoms with Gasteiger partial charge in [-0.05, 0) is 38.1 Å². The quantitative estimate of drug-likeness (QED) is 0.712. The average Bonchev–Trinajstić information content (AvgIpc) is 2.18. The first-order chi connectivity index (χ1) is 7.94. The molecule has 17 heavy (non-hydrogen) atoms. The maximum Gasteiger partial charge on any atom is 0.220 e. The second-order valence-corrected chi connectivity index (χ2v) is 4.68. The molecule has 1 aromatic carbocycles. The van der Waals surface area contributed by atoms with Gasteiger partial charge in [0, 0.05) is 10.7 Å². The standard InChI is InChI=1S/C11H14ClN5/c1-11(2)16-9(13)15-10(17-11)14-8-5-3-7(12)4-6-8/h3-6H,1-2H3,(H4,13,14,15,16,17). The first-order valence-corrected chi connectivity index (χ1v) is 5.57. The number of anilines is 1. The third-order valence-corrected chi connectivity index (χ3v) is 2.40. The Hall–Kier alpha value is -1.75. The van der Waals surface area contributed by atoms with Crippen molar-refractivity contribution in [3.05, 3.63) is 29.3 Å². The molecule has 0 aliphatic carbocycles. The van der Waals surface area contributed by atoms with E-state index in [0.29, 0.717) is 11.0 Å². The van der Waals surface area contributed by atoms with E-state index in [9.17, 15) is 0 Å². The second kappa shape index (κ2) is 4.25. The van der Waals surface area contributed by atoms with Crippen molar-refractivity contribution < 1.29 is 0 Å². The van der Waals surface area contributed by atoms with Crippen molar-refractivity contribution >= 4 is 29.2 Å². The lowest BCUT2D eigenvalue weighted by atomic mass is 10.2. The molecule has 0 atom stereocenters. The third kappa shape index (κ3) is 3.10. The van der Waals surface area contributed by atoms with Gasteiger partial charge in [-0.25, -0.2) is 4.99 Å². The molecule has 4 N–H and O–H groups in total. The molecular weight excluding hydrogens is 238 g/mol. The molecule has 1 aliphatic rings. The number of hydrogen-bond acceptors (Lipinski definition) is 5. The molecule has 1 aromatic rings. The van der Waals surface area contributed by atoms with E-state index in [-0.39, 0.29) is 5.96 Å². The van der Waals surface area contributed by atoms with Crippen LogP contribution in [0.3, 0.4) is 0 Å². The fraction of sp³-hybridized carbons (Fsp3) is 0.273. The van der Waals surface area contributed by atoms with Gasteiger partial charge in [0.15, 0.2) is 0 Å². The molecule has 0 unspecified atom stereocenters. The summed E-state index contributed by atoms with van der Waals surface area (Å²) >= 11 is 5.81. The van der Waals surface area contributed by atoms with E-state index in [1.54, 1.807) is 12.1 Å². The van der Waals surface area contributed by atoms with E-state index in [4.69, 9.17) is 17.3 Å². The molecule has 90 valence electrons. The number of hydrogen-bond donors (Lipinski definition) is 3. The summed E-state index contributed by atoms with van der Waals surface area (Å²) in [6.45, 7) is 3.83. The topological polar surface area (TPSA) is 74.8 Å². The van der Waals surface area contributed by atoms with Gasteiger partial charge in [0.25, 0.3) is 0 Å². The van der Waals surface area contributed by atoms with Gasteiger partial charge in [-0.1, -0.05) is 11.6 Å².